The zero-order valence-corrected chi connectivity index (χ0v) is 12.9. The SMILES string of the molecule is CC(C)(C)CC(N)CC(=O)N[C@H](CCCC(=O)O)C(=O)O. The number of amides is 1. The van der Waals surface area contributed by atoms with E-state index in [0.717, 1.165) is 0 Å². The molecule has 0 aliphatic heterocycles. The summed E-state index contributed by atoms with van der Waals surface area (Å²) >= 11 is 0. The second-order valence-electron chi connectivity index (χ2n) is 6.47. The summed E-state index contributed by atoms with van der Waals surface area (Å²) in [5, 5.41) is 19.9. The first kappa shape index (κ1) is 19.4. The Morgan fingerprint density at radius 3 is 2.19 bits per heavy atom. The number of carbonyl (C=O) groups excluding carboxylic acids is 1. The lowest BCUT2D eigenvalue weighted by molar-refractivity contribution is -0.142. The number of nitrogens with one attached hydrogen (secondary N) is 1. The zero-order valence-electron chi connectivity index (χ0n) is 12.9. The number of carbonyl (C=O) groups is 3. The largest absolute Gasteiger partial charge is 0.481 e. The molecule has 7 nitrogen and oxygen atoms in total. The topological polar surface area (TPSA) is 130 Å². The second-order valence-corrected chi connectivity index (χ2v) is 6.47. The maximum atomic E-state index is 11.8. The van der Waals surface area contributed by atoms with Gasteiger partial charge in [-0.15, -0.1) is 0 Å². The van der Waals surface area contributed by atoms with E-state index in [1.165, 1.54) is 0 Å². The normalized spacial score (nSPS) is 14.3. The number of hydrogen-bond acceptors (Lipinski definition) is 4. The number of carboxylic acids is 2. The van der Waals surface area contributed by atoms with Crippen LogP contribution in [0.25, 0.3) is 0 Å². The summed E-state index contributed by atoms with van der Waals surface area (Å²) in [4.78, 5) is 33.2. The molecule has 0 heterocycles. The minimum atomic E-state index is -1.17. The molecule has 122 valence electrons. The smallest absolute Gasteiger partial charge is 0.326 e. The highest BCUT2D eigenvalue weighted by Gasteiger charge is 2.23. The molecular formula is C14H26N2O5. The van der Waals surface area contributed by atoms with E-state index in [4.69, 9.17) is 15.9 Å². The van der Waals surface area contributed by atoms with Gasteiger partial charge in [0.15, 0.2) is 0 Å². The maximum Gasteiger partial charge on any atom is 0.326 e. The average molecular weight is 302 g/mol. The number of carboxylic acid groups (broad SMARTS) is 2. The fourth-order valence-corrected chi connectivity index (χ4v) is 2.06. The Morgan fingerprint density at radius 2 is 1.76 bits per heavy atom. The van der Waals surface area contributed by atoms with Crippen molar-refractivity contribution in [2.24, 2.45) is 11.1 Å². The van der Waals surface area contributed by atoms with Crippen molar-refractivity contribution < 1.29 is 24.6 Å². The quantitative estimate of drug-likeness (QED) is 0.502. The van der Waals surface area contributed by atoms with E-state index in [0.29, 0.717) is 6.42 Å². The van der Waals surface area contributed by atoms with Crippen molar-refractivity contribution in [1.82, 2.24) is 5.32 Å². The molecule has 7 heteroatoms. The molecule has 0 fully saturated rings. The highest BCUT2D eigenvalue weighted by atomic mass is 16.4. The molecule has 0 radical (unpaired) electrons. The fourth-order valence-electron chi connectivity index (χ4n) is 2.06. The first-order valence-corrected chi connectivity index (χ1v) is 7.01. The van der Waals surface area contributed by atoms with Crippen LogP contribution in [0, 0.1) is 5.41 Å². The first-order chi connectivity index (χ1) is 9.51. The Kier molecular flexibility index (Phi) is 7.94. The van der Waals surface area contributed by atoms with Gasteiger partial charge in [-0.3, -0.25) is 9.59 Å². The summed E-state index contributed by atoms with van der Waals surface area (Å²) in [6.07, 6.45) is 0.864. The molecule has 0 rings (SSSR count). The van der Waals surface area contributed by atoms with Crippen molar-refractivity contribution in [3.8, 4) is 0 Å². The molecule has 2 atom stereocenters. The molecule has 0 bridgehead atoms. The Morgan fingerprint density at radius 1 is 1.19 bits per heavy atom. The van der Waals surface area contributed by atoms with Gasteiger partial charge in [0.05, 0.1) is 0 Å². The summed E-state index contributed by atoms with van der Waals surface area (Å²) in [6.45, 7) is 6.03. The standard InChI is InChI=1S/C14H26N2O5/c1-14(2,3)8-9(15)7-11(17)16-10(13(20)21)5-4-6-12(18)19/h9-10H,4-8,15H2,1-3H3,(H,16,17)(H,18,19)(H,20,21)/t9?,10-/m1/s1. The van der Waals surface area contributed by atoms with Crippen molar-refractivity contribution in [2.45, 2.75) is 65.0 Å². The van der Waals surface area contributed by atoms with E-state index < -0.39 is 23.9 Å². The number of aliphatic carboxylic acids is 2. The van der Waals surface area contributed by atoms with E-state index in [1.54, 1.807) is 0 Å². The molecule has 1 amide bonds. The predicted octanol–water partition coefficient (Wildman–Crippen LogP) is 0.964. The fraction of sp³-hybridized carbons (Fsp3) is 0.786. The van der Waals surface area contributed by atoms with Gasteiger partial charge in [-0.2, -0.15) is 0 Å². The molecule has 0 spiro atoms. The van der Waals surface area contributed by atoms with Gasteiger partial charge in [0.2, 0.25) is 5.91 Å². The van der Waals surface area contributed by atoms with Gasteiger partial charge in [0.25, 0.3) is 0 Å². The van der Waals surface area contributed by atoms with Crippen LogP contribution in [0.1, 0.15) is 52.9 Å². The lowest BCUT2D eigenvalue weighted by Crippen LogP contribution is -2.43. The van der Waals surface area contributed by atoms with Crippen molar-refractivity contribution >= 4 is 17.8 Å². The van der Waals surface area contributed by atoms with Crippen LogP contribution in [0.15, 0.2) is 0 Å². The van der Waals surface area contributed by atoms with E-state index in [2.05, 4.69) is 5.32 Å². The number of hydrogen-bond donors (Lipinski definition) is 4. The summed E-state index contributed by atoms with van der Waals surface area (Å²) in [5.41, 5.74) is 5.86. The van der Waals surface area contributed by atoms with E-state index >= 15 is 0 Å². The van der Waals surface area contributed by atoms with E-state index in [1.807, 2.05) is 20.8 Å². The van der Waals surface area contributed by atoms with Gasteiger partial charge in [0, 0.05) is 18.9 Å². The van der Waals surface area contributed by atoms with Gasteiger partial charge < -0.3 is 21.3 Å². The monoisotopic (exact) mass is 302 g/mol. The van der Waals surface area contributed by atoms with E-state index in [9.17, 15) is 14.4 Å². The molecular weight excluding hydrogens is 276 g/mol. The Hall–Kier alpha value is -1.63. The summed E-state index contributed by atoms with van der Waals surface area (Å²) in [5.74, 6) is -2.58. The molecule has 21 heavy (non-hydrogen) atoms. The molecule has 0 aliphatic rings. The number of nitrogens with two attached hydrogens (primary N) is 1. The van der Waals surface area contributed by atoms with Crippen molar-refractivity contribution in [2.75, 3.05) is 0 Å². The summed E-state index contributed by atoms with van der Waals surface area (Å²) in [6, 6.07) is -1.41. The lowest BCUT2D eigenvalue weighted by Gasteiger charge is -2.23. The Bertz CT molecular complexity index is 376. The highest BCUT2D eigenvalue weighted by Crippen LogP contribution is 2.21. The Labute approximate surface area is 124 Å². The van der Waals surface area contributed by atoms with Crippen LogP contribution in [0.2, 0.25) is 0 Å². The lowest BCUT2D eigenvalue weighted by atomic mass is 9.87. The molecule has 0 saturated heterocycles. The molecule has 0 aliphatic carbocycles. The molecule has 1 unspecified atom stereocenters. The third-order valence-corrected chi connectivity index (χ3v) is 2.84. The van der Waals surface area contributed by atoms with Crippen LogP contribution in [-0.4, -0.2) is 40.1 Å². The van der Waals surface area contributed by atoms with Crippen LogP contribution in [0.3, 0.4) is 0 Å². The van der Waals surface area contributed by atoms with Crippen molar-refractivity contribution in [3.05, 3.63) is 0 Å². The Balaban J connectivity index is 4.28. The molecule has 0 aromatic carbocycles. The molecule has 0 saturated carbocycles. The van der Waals surface area contributed by atoms with Gasteiger partial charge in [-0.1, -0.05) is 20.8 Å². The van der Waals surface area contributed by atoms with Crippen molar-refractivity contribution in [3.63, 3.8) is 0 Å². The third kappa shape index (κ3) is 10.8. The van der Waals surface area contributed by atoms with Gasteiger partial charge in [-0.25, -0.2) is 4.79 Å². The van der Waals surface area contributed by atoms with Crippen LogP contribution in [0.4, 0.5) is 0 Å². The van der Waals surface area contributed by atoms with Crippen LogP contribution >= 0.6 is 0 Å². The van der Waals surface area contributed by atoms with Gasteiger partial charge >= 0.3 is 11.9 Å². The zero-order chi connectivity index (χ0) is 16.6. The minimum Gasteiger partial charge on any atom is -0.481 e. The summed E-state index contributed by atoms with van der Waals surface area (Å²) in [7, 11) is 0. The van der Waals surface area contributed by atoms with Crippen molar-refractivity contribution in [1.29, 1.82) is 0 Å². The summed E-state index contributed by atoms with van der Waals surface area (Å²) < 4.78 is 0. The second kappa shape index (κ2) is 8.61. The molecule has 0 aromatic rings. The molecule has 5 N–H and O–H groups in total. The predicted molar refractivity (Wildman–Crippen MR) is 77.7 cm³/mol. The third-order valence-electron chi connectivity index (χ3n) is 2.84. The van der Waals surface area contributed by atoms with Crippen LogP contribution < -0.4 is 11.1 Å². The average Bonchev–Trinajstić information content (AvgIpc) is 2.23. The van der Waals surface area contributed by atoms with Gasteiger partial charge in [0.1, 0.15) is 6.04 Å². The number of rotatable bonds is 9. The minimum absolute atomic E-state index is 0.00656. The highest BCUT2D eigenvalue weighted by molar-refractivity contribution is 5.83. The van der Waals surface area contributed by atoms with Crippen LogP contribution in [0.5, 0.6) is 0 Å². The molecule has 0 aromatic heterocycles. The van der Waals surface area contributed by atoms with E-state index in [-0.39, 0.29) is 37.1 Å². The van der Waals surface area contributed by atoms with Gasteiger partial charge in [-0.05, 0) is 24.7 Å². The maximum absolute atomic E-state index is 11.8. The van der Waals surface area contributed by atoms with Crippen LogP contribution in [-0.2, 0) is 14.4 Å². The first-order valence-electron chi connectivity index (χ1n) is 7.01.